The highest BCUT2D eigenvalue weighted by molar-refractivity contribution is 5.77. The Morgan fingerprint density at radius 3 is 2.60 bits per heavy atom. The second-order valence-corrected chi connectivity index (χ2v) is 10.0. The Morgan fingerprint density at radius 2 is 1.89 bits per heavy atom. The third-order valence-electron chi connectivity index (χ3n) is 7.56. The van der Waals surface area contributed by atoms with Crippen LogP contribution < -0.4 is 10.2 Å². The number of hydrogen-bond donors (Lipinski definition) is 1. The maximum atomic E-state index is 15.9. The van der Waals surface area contributed by atoms with E-state index in [2.05, 4.69) is 45.4 Å². The quantitative estimate of drug-likeness (QED) is 0.566. The van der Waals surface area contributed by atoms with E-state index in [1.54, 1.807) is 10.7 Å². The first kappa shape index (κ1) is 23.5. The number of aromatic nitrogens is 4. The third-order valence-corrected chi connectivity index (χ3v) is 7.56. The summed E-state index contributed by atoms with van der Waals surface area (Å²) in [5.74, 6) is 1.17. The SMILES string of the molecule is CN(C)C1CCN(c2nc(-c3cnn4ccccc34)nc(NC3CCC(CC#N)CC3)c2F)CC1. The summed E-state index contributed by atoms with van der Waals surface area (Å²) in [4.78, 5) is 13.7. The van der Waals surface area contributed by atoms with Crippen molar-refractivity contribution >= 4 is 17.2 Å². The highest BCUT2D eigenvalue weighted by Crippen LogP contribution is 2.33. The molecule has 35 heavy (non-hydrogen) atoms. The summed E-state index contributed by atoms with van der Waals surface area (Å²) < 4.78 is 17.7. The van der Waals surface area contributed by atoms with Gasteiger partial charge in [-0.1, -0.05) is 6.07 Å². The molecule has 5 rings (SSSR count). The first-order chi connectivity index (χ1) is 17.0. The zero-order valence-corrected chi connectivity index (χ0v) is 20.5. The van der Waals surface area contributed by atoms with Crippen LogP contribution in [-0.2, 0) is 0 Å². The van der Waals surface area contributed by atoms with Crippen molar-refractivity contribution in [2.45, 2.75) is 57.0 Å². The fourth-order valence-corrected chi connectivity index (χ4v) is 5.40. The monoisotopic (exact) mass is 476 g/mol. The topological polar surface area (TPSA) is 85.4 Å². The van der Waals surface area contributed by atoms with Crippen LogP contribution in [0.5, 0.6) is 0 Å². The number of nitrogens with zero attached hydrogens (tertiary/aromatic N) is 7. The first-order valence-corrected chi connectivity index (χ1v) is 12.6. The molecule has 2 fully saturated rings. The minimum atomic E-state index is -0.382. The number of anilines is 2. The van der Waals surface area contributed by atoms with Gasteiger partial charge in [0.1, 0.15) is 0 Å². The molecular formula is C26H33FN8. The first-order valence-electron chi connectivity index (χ1n) is 12.6. The summed E-state index contributed by atoms with van der Waals surface area (Å²) in [5, 5.41) is 16.8. The molecule has 3 aromatic rings. The standard InChI is InChI=1S/C26H33FN8/c1-33(2)20-11-15-34(16-12-20)26-23(27)25(30-19-8-6-18(7-9-19)10-13-28)31-24(32-26)21-17-29-35-14-4-3-5-22(21)35/h3-5,14,17-20H,6-12,15-16H2,1-2H3,(H,30,31,32). The van der Waals surface area contributed by atoms with Gasteiger partial charge in [0.25, 0.3) is 0 Å². The van der Waals surface area contributed by atoms with Gasteiger partial charge >= 0.3 is 0 Å². The molecule has 0 aromatic carbocycles. The van der Waals surface area contributed by atoms with Crippen LogP contribution >= 0.6 is 0 Å². The van der Waals surface area contributed by atoms with E-state index in [4.69, 9.17) is 10.2 Å². The van der Waals surface area contributed by atoms with Gasteiger partial charge in [-0.2, -0.15) is 14.8 Å². The summed E-state index contributed by atoms with van der Waals surface area (Å²) in [6.07, 6.45) is 9.93. The molecule has 0 spiro atoms. The predicted molar refractivity (Wildman–Crippen MR) is 135 cm³/mol. The van der Waals surface area contributed by atoms with Gasteiger partial charge < -0.3 is 15.1 Å². The fourth-order valence-electron chi connectivity index (χ4n) is 5.40. The molecular weight excluding hydrogens is 443 g/mol. The van der Waals surface area contributed by atoms with Gasteiger partial charge in [0.2, 0.25) is 5.82 Å². The summed E-state index contributed by atoms with van der Waals surface area (Å²) in [6, 6.07) is 8.77. The Hall–Kier alpha value is -3.25. The van der Waals surface area contributed by atoms with E-state index in [-0.39, 0.29) is 17.7 Å². The van der Waals surface area contributed by atoms with Gasteiger partial charge in [0.15, 0.2) is 17.5 Å². The molecule has 0 unspecified atom stereocenters. The summed E-state index contributed by atoms with van der Waals surface area (Å²) in [7, 11) is 4.20. The van der Waals surface area contributed by atoms with Crippen LogP contribution in [0.2, 0.25) is 0 Å². The van der Waals surface area contributed by atoms with E-state index < -0.39 is 0 Å². The number of piperidine rings is 1. The third kappa shape index (κ3) is 4.94. The Morgan fingerprint density at radius 1 is 1.11 bits per heavy atom. The van der Waals surface area contributed by atoms with Crippen LogP contribution in [0.4, 0.5) is 16.0 Å². The summed E-state index contributed by atoms with van der Waals surface area (Å²) in [5.41, 5.74) is 1.68. The van der Waals surface area contributed by atoms with E-state index >= 15 is 4.39 Å². The van der Waals surface area contributed by atoms with Crippen LogP contribution in [0.3, 0.4) is 0 Å². The second-order valence-electron chi connectivity index (χ2n) is 10.0. The largest absolute Gasteiger partial charge is 0.365 e. The smallest absolute Gasteiger partial charge is 0.207 e. The molecule has 2 aliphatic rings. The Labute approximate surface area is 205 Å². The van der Waals surface area contributed by atoms with Gasteiger partial charge in [-0.25, -0.2) is 14.5 Å². The van der Waals surface area contributed by atoms with Crippen molar-refractivity contribution in [3.63, 3.8) is 0 Å². The number of rotatable bonds is 6. The maximum absolute atomic E-state index is 15.9. The molecule has 1 N–H and O–H groups in total. The minimum Gasteiger partial charge on any atom is -0.365 e. The van der Waals surface area contributed by atoms with E-state index in [1.165, 1.54) is 0 Å². The lowest BCUT2D eigenvalue weighted by Gasteiger charge is -2.36. The van der Waals surface area contributed by atoms with E-state index in [0.717, 1.165) is 62.7 Å². The van der Waals surface area contributed by atoms with Crippen LogP contribution in [0, 0.1) is 23.1 Å². The van der Waals surface area contributed by atoms with Crippen molar-refractivity contribution in [1.82, 2.24) is 24.5 Å². The molecule has 0 amide bonds. The number of pyridine rings is 1. The molecule has 1 saturated carbocycles. The van der Waals surface area contributed by atoms with Gasteiger partial charge in [-0.15, -0.1) is 0 Å². The van der Waals surface area contributed by atoms with Gasteiger partial charge in [-0.3, -0.25) is 0 Å². The molecule has 4 heterocycles. The summed E-state index contributed by atoms with van der Waals surface area (Å²) in [6.45, 7) is 1.51. The Bertz CT molecular complexity index is 1200. The zero-order valence-electron chi connectivity index (χ0n) is 20.5. The Balaban J connectivity index is 1.47. The van der Waals surface area contributed by atoms with Crippen molar-refractivity contribution < 1.29 is 4.39 Å². The lowest BCUT2D eigenvalue weighted by Crippen LogP contribution is -2.42. The van der Waals surface area contributed by atoms with Crippen molar-refractivity contribution in [2.24, 2.45) is 5.92 Å². The van der Waals surface area contributed by atoms with E-state index in [0.29, 0.717) is 30.0 Å². The van der Waals surface area contributed by atoms with E-state index in [9.17, 15) is 0 Å². The molecule has 0 radical (unpaired) electrons. The van der Waals surface area contributed by atoms with Gasteiger partial charge in [0.05, 0.1) is 23.3 Å². The minimum absolute atomic E-state index is 0.137. The van der Waals surface area contributed by atoms with Gasteiger partial charge in [0, 0.05) is 37.8 Å². The van der Waals surface area contributed by atoms with Crippen LogP contribution in [0.15, 0.2) is 30.6 Å². The van der Waals surface area contributed by atoms with Crippen molar-refractivity contribution in [2.75, 3.05) is 37.4 Å². The van der Waals surface area contributed by atoms with Crippen LogP contribution in [0.25, 0.3) is 16.9 Å². The zero-order chi connectivity index (χ0) is 24.4. The highest BCUT2D eigenvalue weighted by atomic mass is 19.1. The molecule has 1 aliphatic carbocycles. The fraction of sp³-hybridized carbons (Fsp3) is 0.538. The van der Waals surface area contributed by atoms with Crippen molar-refractivity contribution in [3.05, 3.63) is 36.4 Å². The number of hydrogen-bond acceptors (Lipinski definition) is 7. The number of halogens is 1. The average molecular weight is 477 g/mol. The lowest BCUT2D eigenvalue weighted by atomic mass is 9.84. The molecule has 184 valence electrons. The number of nitriles is 1. The highest BCUT2D eigenvalue weighted by Gasteiger charge is 2.28. The van der Waals surface area contributed by atoms with Crippen LogP contribution in [0.1, 0.15) is 44.9 Å². The van der Waals surface area contributed by atoms with Crippen molar-refractivity contribution in [1.29, 1.82) is 5.26 Å². The number of nitrogens with one attached hydrogen (secondary N) is 1. The van der Waals surface area contributed by atoms with Crippen molar-refractivity contribution in [3.8, 4) is 17.5 Å². The lowest BCUT2D eigenvalue weighted by molar-refractivity contribution is 0.249. The van der Waals surface area contributed by atoms with Gasteiger partial charge in [-0.05, 0) is 70.7 Å². The summed E-state index contributed by atoms with van der Waals surface area (Å²) >= 11 is 0. The van der Waals surface area contributed by atoms with E-state index in [1.807, 2.05) is 24.4 Å². The molecule has 9 heteroatoms. The molecule has 1 saturated heterocycles. The maximum Gasteiger partial charge on any atom is 0.207 e. The molecule has 3 aromatic heterocycles. The Kier molecular flexibility index (Phi) is 6.82. The van der Waals surface area contributed by atoms with Crippen LogP contribution in [-0.4, -0.2) is 63.8 Å². The second kappa shape index (κ2) is 10.2. The molecule has 0 atom stereocenters. The molecule has 0 bridgehead atoms. The average Bonchev–Trinajstić information content (AvgIpc) is 3.31. The number of fused-ring (bicyclic) bond motifs is 1. The molecule has 8 nitrogen and oxygen atoms in total. The molecule has 1 aliphatic heterocycles. The normalized spacial score (nSPS) is 21.4. The predicted octanol–water partition coefficient (Wildman–Crippen LogP) is 4.35.